The Bertz CT molecular complexity index is 776. The van der Waals surface area contributed by atoms with Gasteiger partial charge in [0.15, 0.2) is 0 Å². The van der Waals surface area contributed by atoms with Gasteiger partial charge < -0.3 is 19.6 Å². The molecule has 0 aliphatic rings. The van der Waals surface area contributed by atoms with Crippen molar-refractivity contribution >= 4 is 22.4 Å². The van der Waals surface area contributed by atoms with Gasteiger partial charge in [0.05, 0.1) is 0 Å². The average Bonchev–Trinajstić information content (AvgIpc) is 2.64. The molecule has 0 saturated carbocycles. The maximum atomic E-state index is 12.3. The van der Waals surface area contributed by atoms with E-state index in [2.05, 4.69) is 16.1 Å². The first-order valence-corrected chi connectivity index (χ1v) is 9.47. The van der Waals surface area contributed by atoms with Crippen molar-refractivity contribution < 1.29 is 21.2 Å². The first kappa shape index (κ1) is 24.1. The summed E-state index contributed by atoms with van der Waals surface area (Å²) in [5.74, 6) is 0.395. The fourth-order valence-electron chi connectivity index (χ4n) is 1.69. The topological polar surface area (TPSA) is 88.5 Å². The van der Waals surface area contributed by atoms with Crippen LogP contribution in [0.15, 0.2) is 61.3 Å². The summed E-state index contributed by atoms with van der Waals surface area (Å²) in [4.78, 5) is 0. The van der Waals surface area contributed by atoms with Crippen molar-refractivity contribution in [1.29, 1.82) is 5.41 Å². The predicted molar refractivity (Wildman–Crippen MR) is 107 cm³/mol. The molecule has 27 heavy (non-hydrogen) atoms. The van der Waals surface area contributed by atoms with E-state index < -0.39 is 10.5 Å². The molecule has 0 saturated heterocycles. The van der Waals surface area contributed by atoms with Gasteiger partial charge in [-0.3, -0.25) is 0 Å². The minimum absolute atomic E-state index is 0.116. The third-order valence-corrected chi connectivity index (χ3v) is 3.04. The van der Waals surface area contributed by atoms with Crippen LogP contribution in [0.2, 0.25) is 0 Å². The first-order chi connectivity index (χ1) is 12.9. The Morgan fingerprint density at radius 1 is 1.07 bits per heavy atom. The number of hydrogen-bond donors (Lipinski definition) is 2. The van der Waals surface area contributed by atoms with Crippen molar-refractivity contribution in [1.82, 2.24) is 0 Å². The molecule has 0 radical (unpaired) electrons. The number of benzene rings is 2. The summed E-state index contributed by atoms with van der Waals surface area (Å²) >= 11 is 0. The fraction of sp³-hybridized carbons (Fsp3) is 0.211. The molecular formula is C19H25FN2O4S. The molecule has 2 aromatic carbocycles. The van der Waals surface area contributed by atoms with Crippen molar-refractivity contribution in [3.05, 3.63) is 66.9 Å². The van der Waals surface area contributed by atoms with Crippen molar-refractivity contribution in [2.24, 2.45) is 0 Å². The summed E-state index contributed by atoms with van der Waals surface area (Å²) in [6, 6.07) is 13.2. The molecule has 6 nitrogen and oxygen atoms in total. The fourth-order valence-corrected chi connectivity index (χ4v) is 2.03. The molecule has 148 valence electrons. The Morgan fingerprint density at radius 2 is 1.56 bits per heavy atom. The number of halogens is 1. The van der Waals surface area contributed by atoms with E-state index >= 15 is 0 Å². The second kappa shape index (κ2) is 13.3. The Labute approximate surface area is 160 Å². The lowest BCUT2D eigenvalue weighted by Crippen LogP contribution is -2.01. The quantitative estimate of drug-likeness (QED) is 0.502. The molecule has 2 rings (SSSR count). The van der Waals surface area contributed by atoms with Crippen LogP contribution >= 0.6 is 0 Å². The Hall–Kier alpha value is -2.87. The number of ether oxygens (including phenoxy) is 1. The third kappa shape index (κ3) is 11.4. The Morgan fingerprint density at radius 3 is 2.00 bits per heavy atom. The lowest BCUT2D eigenvalue weighted by molar-refractivity contribution is 0.306. The maximum absolute atomic E-state index is 12.3. The van der Waals surface area contributed by atoms with Crippen LogP contribution in [0, 0.1) is 5.41 Å². The van der Waals surface area contributed by atoms with Gasteiger partial charge >= 0.3 is 10.5 Å². The van der Waals surface area contributed by atoms with E-state index in [1.807, 2.05) is 38.1 Å². The smallest absolute Gasteiger partial charge is 0.488 e. The van der Waals surface area contributed by atoms with Gasteiger partial charge in [0.25, 0.3) is 0 Å². The van der Waals surface area contributed by atoms with Gasteiger partial charge in [-0.1, -0.05) is 36.4 Å². The van der Waals surface area contributed by atoms with Crippen LogP contribution < -0.4 is 14.2 Å². The van der Waals surface area contributed by atoms with E-state index in [4.69, 9.17) is 10.1 Å². The molecule has 8 heteroatoms. The maximum Gasteiger partial charge on any atom is 0.488 e. The van der Waals surface area contributed by atoms with Crippen molar-refractivity contribution in [3.8, 4) is 11.5 Å². The van der Waals surface area contributed by atoms with Crippen LogP contribution in [-0.4, -0.2) is 14.6 Å². The molecule has 0 fully saturated rings. The zero-order valence-corrected chi connectivity index (χ0v) is 16.4. The summed E-state index contributed by atoms with van der Waals surface area (Å²) in [5.41, 5.74) is 1.88. The molecule has 0 bridgehead atoms. The van der Waals surface area contributed by atoms with Crippen molar-refractivity contribution in [3.63, 3.8) is 0 Å². The molecule has 0 heterocycles. The van der Waals surface area contributed by atoms with E-state index in [1.54, 1.807) is 13.1 Å². The minimum Gasteiger partial charge on any atom is -0.489 e. The highest BCUT2D eigenvalue weighted by Gasteiger charge is 2.09. The molecule has 0 aromatic heterocycles. The second-order valence-electron chi connectivity index (χ2n) is 4.57. The predicted octanol–water partition coefficient (Wildman–Crippen LogP) is 5.10. The summed E-state index contributed by atoms with van der Waals surface area (Å²) in [5, 5.41) is 9.05. The molecule has 0 amide bonds. The number of rotatable bonds is 7. The van der Waals surface area contributed by atoms with E-state index in [-0.39, 0.29) is 5.75 Å². The Balaban J connectivity index is 0.00000123. The highest BCUT2D eigenvalue weighted by molar-refractivity contribution is 7.81. The SMILES string of the molecule is C=CNc1ccc(COc2ccc(OS(=O)(=O)F)cc2)cc1.CC.CC=N. The van der Waals surface area contributed by atoms with Crippen molar-refractivity contribution in [2.45, 2.75) is 27.4 Å². The van der Waals surface area contributed by atoms with E-state index in [1.165, 1.54) is 30.5 Å². The van der Waals surface area contributed by atoms with Crippen LogP contribution in [0.5, 0.6) is 11.5 Å². The molecule has 2 N–H and O–H groups in total. The van der Waals surface area contributed by atoms with Gasteiger partial charge in [0.1, 0.15) is 18.1 Å². The number of nitrogens with one attached hydrogen (secondary N) is 2. The molecule has 0 unspecified atom stereocenters. The first-order valence-electron chi connectivity index (χ1n) is 8.16. The van der Waals surface area contributed by atoms with E-state index in [9.17, 15) is 12.3 Å². The highest BCUT2D eigenvalue weighted by Crippen LogP contribution is 2.20. The largest absolute Gasteiger partial charge is 0.489 e. The van der Waals surface area contributed by atoms with Crippen LogP contribution in [0.25, 0.3) is 0 Å². The average molecular weight is 396 g/mol. The normalized spacial score (nSPS) is 9.48. The second-order valence-corrected chi connectivity index (χ2v) is 5.52. The van der Waals surface area contributed by atoms with Crippen LogP contribution in [0.1, 0.15) is 26.3 Å². The van der Waals surface area contributed by atoms with E-state index in [0.29, 0.717) is 12.4 Å². The highest BCUT2D eigenvalue weighted by atomic mass is 32.3. The standard InChI is InChI=1S/C15H14FNO4S.C2H5N.C2H6/c1-2-17-13-5-3-12(4-6-13)11-20-14-7-9-15(10-8-14)21-22(16,18)19;1-2-3;1-2/h2-10,17H,1,11H2;2-3H,1H3;1-2H3. The van der Waals surface area contributed by atoms with Gasteiger partial charge in [-0.25, -0.2) is 0 Å². The summed E-state index contributed by atoms with van der Waals surface area (Å²) in [6.45, 7) is 9.59. The lowest BCUT2D eigenvalue weighted by atomic mass is 10.2. The zero-order chi connectivity index (χ0) is 20.7. The van der Waals surface area contributed by atoms with Crippen LogP contribution in [-0.2, 0) is 17.1 Å². The summed E-state index contributed by atoms with van der Waals surface area (Å²) < 4.78 is 42.6. The molecule has 0 atom stereocenters. The molecule has 0 spiro atoms. The Kier molecular flexibility index (Phi) is 11.9. The van der Waals surface area contributed by atoms with Gasteiger partial charge in [0, 0.05) is 5.69 Å². The van der Waals surface area contributed by atoms with Crippen molar-refractivity contribution in [2.75, 3.05) is 5.32 Å². The lowest BCUT2D eigenvalue weighted by Gasteiger charge is -2.08. The number of hydrogen-bond acceptors (Lipinski definition) is 6. The third-order valence-electron chi connectivity index (χ3n) is 2.65. The zero-order valence-electron chi connectivity index (χ0n) is 15.6. The molecule has 2 aromatic rings. The van der Waals surface area contributed by atoms with Gasteiger partial charge in [0.2, 0.25) is 0 Å². The van der Waals surface area contributed by atoms with Crippen LogP contribution in [0.3, 0.4) is 0 Å². The molecule has 0 aliphatic heterocycles. The van der Waals surface area contributed by atoms with E-state index in [0.717, 1.165) is 11.3 Å². The van der Waals surface area contributed by atoms with Gasteiger partial charge in [-0.15, -0.1) is 0 Å². The summed E-state index contributed by atoms with van der Waals surface area (Å²) in [6.07, 6.45) is 2.84. The van der Waals surface area contributed by atoms with Crippen LogP contribution in [0.4, 0.5) is 9.57 Å². The minimum atomic E-state index is -5.01. The number of anilines is 1. The molecular weight excluding hydrogens is 371 g/mol. The van der Waals surface area contributed by atoms with Gasteiger partial charge in [-0.05, 0) is 61.3 Å². The molecule has 0 aliphatic carbocycles. The van der Waals surface area contributed by atoms with Gasteiger partial charge in [-0.2, -0.15) is 8.42 Å². The summed E-state index contributed by atoms with van der Waals surface area (Å²) in [7, 11) is -5.01. The monoisotopic (exact) mass is 396 g/mol.